The third-order valence-corrected chi connectivity index (χ3v) is 7.14. The van der Waals surface area contributed by atoms with Crippen LogP contribution in [-0.2, 0) is 14.8 Å². The van der Waals surface area contributed by atoms with Gasteiger partial charge in [-0.3, -0.25) is 9.36 Å². The molecule has 0 aliphatic carbocycles. The summed E-state index contributed by atoms with van der Waals surface area (Å²) in [4.78, 5) is 21.3. The van der Waals surface area contributed by atoms with Gasteiger partial charge in [-0.25, -0.2) is 32.3 Å². The molecule has 0 radical (unpaired) electrons. The molecule has 0 saturated carbocycles. The van der Waals surface area contributed by atoms with Crippen LogP contribution in [0.15, 0.2) is 81.6 Å². The zero-order valence-corrected chi connectivity index (χ0v) is 19.1. The van der Waals surface area contributed by atoms with Crippen LogP contribution in [0, 0.1) is 11.6 Å². The number of hydrogen-bond donors (Lipinski definition) is 2. The Kier molecular flexibility index (Phi) is 5.43. The molecule has 3 aromatic carbocycles. The maximum absolute atomic E-state index is 13.9. The Morgan fingerprint density at radius 3 is 2.29 bits per heavy atom. The normalized spacial score (nSPS) is 13.7. The average molecular weight is 513 g/mol. The van der Waals surface area contributed by atoms with E-state index in [-0.39, 0.29) is 36.6 Å². The van der Waals surface area contributed by atoms with E-state index in [1.807, 2.05) is 0 Å². The average Bonchev–Trinajstić information content (AvgIpc) is 3.29. The highest BCUT2D eigenvalue weighted by molar-refractivity contribution is 7.89. The third-order valence-electron chi connectivity index (χ3n) is 5.17. The summed E-state index contributed by atoms with van der Waals surface area (Å²) in [5.74, 6) is -2.10. The number of nitrogens with zero attached hydrogens (tertiary/aromatic N) is 3. The lowest BCUT2D eigenvalue weighted by atomic mass is 10.1. The molecule has 0 fully saturated rings. The second-order valence-corrected chi connectivity index (χ2v) is 9.99. The van der Waals surface area contributed by atoms with Gasteiger partial charge in [0.1, 0.15) is 16.5 Å². The number of primary sulfonamides is 1. The first-order chi connectivity index (χ1) is 16.6. The van der Waals surface area contributed by atoms with E-state index in [2.05, 4.69) is 9.98 Å². The lowest BCUT2D eigenvalue weighted by molar-refractivity contribution is -0.112. The Balaban J connectivity index is 1.78. The lowest BCUT2D eigenvalue weighted by Crippen LogP contribution is -2.23. The van der Waals surface area contributed by atoms with Gasteiger partial charge in [0.2, 0.25) is 15.9 Å². The fraction of sp³-hybridized carbons (Fsp3) is 0. The van der Waals surface area contributed by atoms with Gasteiger partial charge in [0, 0.05) is 5.22 Å². The van der Waals surface area contributed by atoms with Crippen molar-refractivity contribution in [3.63, 3.8) is 0 Å². The number of carbonyl (C=O) groups excluding carboxylic acids is 1. The minimum Gasteiger partial charge on any atom is -0.493 e. The van der Waals surface area contributed by atoms with Crippen molar-refractivity contribution in [3.05, 3.63) is 98.6 Å². The van der Waals surface area contributed by atoms with Crippen LogP contribution in [0.1, 0.15) is 4.88 Å². The van der Waals surface area contributed by atoms with Gasteiger partial charge < -0.3 is 5.11 Å². The van der Waals surface area contributed by atoms with E-state index in [1.165, 1.54) is 65.2 Å². The lowest BCUT2D eigenvalue weighted by Gasteiger charge is -2.06. The summed E-state index contributed by atoms with van der Waals surface area (Å²) < 4.78 is 51.8. The molecule has 0 spiro atoms. The molecule has 5 rings (SSSR count). The van der Waals surface area contributed by atoms with Crippen LogP contribution < -0.4 is 20.5 Å². The molecular weight excluding hydrogens is 498 g/mol. The van der Waals surface area contributed by atoms with Crippen molar-refractivity contribution in [1.29, 1.82) is 0 Å². The molecule has 1 amide bonds. The molecule has 176 valence electrons. The molecule has 1 aromatic heterocycles. The van der Waals surface area contributed by atoms with Crippen LogP contribution in [0.2, 0.25) is 0 Å². The van der Waals surface area contributed by atoms with Gasteiger partial charge in [-0.15, -0.1) is 0 Å². The zero-order valence-electron chi connectivity index (χ0n) is 17.5. The molecular formula is C23H14F2N4O4S2. The highest BCUT2D eigenvalue weighted by Gasteiger charge is 2.26. The van der Waals surface area contributed by atoms with Gasteiger partial charge >= 0.3 is 0 Å². The molecule has 2 heterocycles. The van der Waals surface area contributed by atoms with Crippen molar-refractivity contribution >= 4 is 38.5 Å². The Morgan fingerprint density at radius 2 is 1.63 bits per heavy atom. The number of aromatic hydroxyl groups is 1. The Labute approximate surface area is 200 Å². The Bertz CT molecular complexity index is 1810. The minimum atomic E-state index is -3.90. The largest absolute Gasteiger partial charge is 0.493 e. The van der Waals surface area contributed by atoms with E-state index in [0.717, 1.165) is 17.4 Å². The first kappa shape index (κ1) is 22.8. The molecule has 35 heavy (non-hydrogen) atoms. The monoisotopic (exact) mass is 512 g/mol. The topological polar surface area (TPSA) is 127 Å². The van der Waals surface area contributed by atoms with Gasteiger partial charge in [-0.05, 0) is 66.7 Å². The van der Waals surface area contributed by atoms with E-state index in [4.69, 9.17) is 5.14 Å². The Morgan fingerprint density at radius 1 is 0.971 bits per heavy atom. The van der Waals surface area contributed by atoms with E-state index >= 15 is 0 Å². The van der Waals surface area contributed by atoms with Crippen LogP contribution in [0.5, 0.6) is 5.88 Å². The van der Waals surface area contributed by atoms with Crippen molar-refractivity contribution in [1.82, 2.24) is 4.57 Å². The number of rotatable bonds is 4. The number of nitrogens with two attached hydrogens (primary N) is 1. The van der Waals surface area contributed by atoms with Crippen LogP contribution in [0.3, 0.4) is 0 Å². The van der Waals surface area contributed by atoms with Gasteiger partial charge in [0.15, 0.2) is 4.80 Å². The van der Waals surface area contributed by atoms with Crippen LogP contribution in [-0.4, -0.2) is 24.0 Å². The maximum atomic E-state index is 13.9. The van der Waals surface area contributed by atoms with Gasteiger partial charge in [-0.2, -0.15) is 0 Å². The fourth-order valence-electron chi connectivity index (χ4n) is 3.56. The van der Waals surface area contributed by atoms with Gasteiger partial charge in [0.05, 0.1) is 27.2 Å². The number of halogens is 2. The number of benzene rings is 3. The molecule has 0 unspecified atom stereocenters. The zero-order chi connectivity index (χ0) is 24.9. The van der Waals surface area contributed by atoms with Crippen molar-refractivity contribution in [2.24, 2.45) is 15.1 Å². The highest BCUT2D eigenvalue weighted by atomic mass is 32.2. The molecule has 1 aliphatic heterocycles. The quantitative estimate of drug-likeness (QED) is 0.432. The molecule has 3 N–H and O–H groups in total. The fourth-order valence-corrected chi connectivity index (χ4v) is 5.17. The molecule has 0 saturated heterocycles. The van der Waals surface area contributed by atoms with Crippen LogP contribution >= 0.6 is 11.3 Å². The number of carbonyl (C=O) groups is 1. The van der Waals surface area contributed by atoms with E-state index < -0.39 is 27.6 Å². The maximum Gasteiger partial charge on any atom is 0.279 e. The molecule has 0 atom stereocenters. The summed E-state index contributed by atoms with van der Waals surface area (Å²) in [6.45, 7) is 0. The van der Waals surface area contributed by atoms with E-state index in [0.29, 0.717) is 11.4 Å². The number of aromatic nitrogens is 1. The standard InChI is InChI=1S/C23H14F2N4O4S2/c24-12-1-6-15(7-2-12)29-22(31)20(19-17-11-13(25)3-10-18(17)28-21(19)30)34-23(29)27-14-4-8-16(9-5-14)35(26,32)33/h1-11,31H,(H2,26,32,33). The second kappa shape index (κ2) is 8.34. The number of thiazole rings is 1. The summed E-state index contributed by atoms with van der Waals surface area (Å²) in [6.07, 6.45) is 0. The second-order valence-electron chi connectivity index (χ2n) is 7.45. The van der Waals surface area contributed by atoms with Crippen molar-refractivity contribution in [3.8, 4) is 11.6 Å². The molecule has 4 aromatic rings. The third kappa shape index (κ3) is 4.18. The summed E-state index contributed by atoms with van der Waals surface area (Å²) in [5.41, 5.74) is 0.664. The number of sulfonamides is 1. The minimum absolute atomic E-state index is 0.00360. The van der Waals surface area contributed by atoms with Crippen molar-refractivity contribution in [2.45, 2.75) is 4.90 Å². The van der Waals surface area contributed by atoms with Crippen LogP contribution in [0.25, 0.3) is 11.3 Å². The van der Waals surface area contributed by atoms with E-state index in [1.54, 1.807) is 0 Å². The highest BCUT2D eigenvalue weighted by Crippen LogP contribution is 2.31. The predicted molar refractivity (Wildman–Crippen MR) is 123 cm³/mol. The van der Waals surface area contributed by atoms with Crippen LogP contribution in [0.4, 0.5) is 14.5 Å². The van der Waals surface area contributed by atoms with Gasteiger partial charge in [-0.1, -0.05) is 11.3 Å². The summed E-state index contributed by atoms with van der Waals surface area (Å²) in [6, 6.07) is 14.3. The SMILES string of the molecule is NS(=O)(=O)c1ccc(N=c2sc(C3=c4cc(F)ccc4=NC3=O)c(O)n2-c2ccc(F)cc2)cc1. The number of amides is 1. The summed E-state index contributed by atoms with van der Waals surface area (Å²) >= 11 is 0.929. The number of hydrogen-bond acceptors (Lipinski definition) is 6. The number of fused-ring (bicyclic) bond motifs is 1. The predicted octanol–water partition coefficient (Wildman–Crippen LogP) is 1.76. The first-order valence-electron chi connectivity index (χ1n) is 9.93. The molecule has 0 bridgehead atoms. The molecule has 8 nitrogen and oxygen atoms in total. The van der Waals surface area contributed by atoms with Gasteiger partial charge in [0.25, 0.3) is 5.91 Å². The molecule has 12 heteroatoms. The first-order valence-corrected chi connectivity index (χ1v) is 12.3. The smallest absolute Gasteiger partial charge is 0.279 e. The summed E-state index contributed by atoms with van der Waals surface area (Å²) in [5, 5.41) is 16.8. The van der Waals surface area contributed by atoms with E-state index in [9.17, 15) is 27.1 Å². The van der Waals surface area contributed by atoms with Crippen molar-refractivity contribution in [2.75, 3.05) is 0 Å². The van der Waals surface area contributed by atoms with Crippen molar-refractivity contribution < 1.29 is 27.1 Å². The molecule has 1 aliphatic rings. The Hall–Kier alpha value is -4.00. The summed E-state index contributed by atoms with van der Waals surface area (Å²) in [7, 11) is -3.90.